The second kappa shape index (κ2) is 5.28. The quantitative estimate of drug-likeness (QED) is 0.754. The summed E-state index contributed by atoms with van der Waals surface area (Å²) in [6, 6.07) is 16.5. The molecule has 0 aliphatic carbocycles. The standard InChI is InChI=1S/C20H23NO/c1-14-13-16-7-5-6-8-18(16)21(14)19(22)15-9-11-17(12-10-15)20(2,3)4/h5-12,14H,13H2,1-4H3/t14-/m0/s1. The molecule has 1 aliphatic rings. The van der Waals surface area contributed by atoms with E-state index in [4.69, 9.17) is 0 Å². The van der Waals surface area contributed by atoms with Crippen LogP contribution in [0.3, 0.4) is 0 Å². The summed E-state index contributed by atoms with van der Waals surface area (Å²) in [5.74, 6) is 0.0953. The van der Waals surface area contributed by atoms with Gasteiger partial charge >= 0.3 is 0 Å². The van der Waals surface area contributed by atoms with Gasteiger partial charge in [-0.15, -0.1) is 0 Å². The summed E-state index contributed by atoms with van der Waals surface area (Å²) in [6.07, 6.45) is 0.933. The minimum atomic E-state index is 0.0953. The van der Waals surface area contributed by atoms with Crippen LogP contribution in [-0.2, 0) is 11.8 Å². The van der Waals surface area contributed by atoms with Crippen LogP contribution in [0.4, 0.5) is 5.69 Å². The van der Waals surface area contributed by atoms with Crippen molar-refractivity contribution in [1.82, 2.24) is 0 Å². The van der Waals surface area contributed by atoms with Gasteiger partial charge in [-0.2, -0.15) is 0 Å². The van der Waals surface area contributed by atoms with Crippen molar-refractivity contribution in [2.75, 3.05) is 4.90 Å². The molecule has 2 aromatic rings. The summed E-state index contributed by atoms with van der Waals surface area (Å²) in [6.45, 7) is 8.66. The van der Waals surface area contributed by atoms with Crippen molar-refractivity contribution >= 4 is 11.6 Å². The fourth-order valence-corrected chi connectivity index (χ4v) is 3.13. The molecule has 1 heterocycles. The molecule has 1 amide bonds. The van der Waals surface area contributed by atoms with Crippen LogP contribution in [0, 0.1) is 0 Å². The van der Waals surface area contributed by atoms with Gasteiger partial charge in [0, 0.05) is 17.3 Å². The number of rotatable bonds is 1. The lowest BCUT2D eigenvalue weighted by molar-refractivity contribution is 0.0981. The molecular weight excluding hydrogens is 270 g/mol. The largest absolute Gasteiger partial charge is 0.305 e. The van der Waals surface area contributed by atoms with Gasteiger partial charge in [0.15, 0.2) is 0 Å². The van der Waals surface area contributed by atoms with Crippen LogP contribution in [0.25, 0.3) is 0 Å². The van der Waals surface area contributed by atoms with Crippen LogP contribution >= 0.6 is 0 Å². The van der Waals surface area contributed by atoms with Crippen molar-refractivity contribution in [2.24, 2.45) is 0 Å². The van der Waals surface area contributed by atoms with Crippen molar-refractivity contribution in [3.63, 3.8) is 0 Å². The topological polar surface area (TPSA) is 20.3 Å². The van der Waals surface area contributed by atoms with Gasteiger partial charge in [0.25, 0.3) is 5.91 Å². The Labute approximate surface area is 132 Å². The van der Waals surface area contributed by atoms with Gasteiger partial charge in [-0.3, -0.25) is 4.79 Å². The number of para-hydroxylation sites is 1. The Morgan fingerprint density at radius 2 is 1.68 bits per heavy atom. The van der Waals surface area contributed by atoms with Gasteiger partial charge in [0.05, 0.1) is 0 Å². The maximum Gasteiger partial charge on any atom is 0.258 e. The smallest absolute Gasteiger partial charge is 0.258 e. The summed E-state index contributed by atoms with van der Waals surface area (Å²) in [5, 5.41) is 0. The fourth-order valence-electron chi connectivity index (χ4n) is 3.13. The van der Waals surface area contributed by atoms with Crippen molar-refractivity contribution in [1.29, 1.82) is 0 Å². The predicted molar refractivity (Wildman–Crippen MR) is 91.6 cm³/mol. The summed E-state index contributed by atoms with van der Waals surface area (Å²) in [4.78, 5) is 14.8. The summed E-state index contributed by atoms with van der Waals surface area (Å²) in [5.41, 5.74) is 4.43. The van der Waals surface area contributed by atoms with Crippen LogP contribution in [0.2, 0.25) is 0 Å². The number of anilines is 1. The summed E-state index contributed by atoms with van der Waals surface area (Å²) >= 11 is 0. The zero-order chi connectivity index (χ0) is 15.9. The van der Waals surface area contributed by atoms with E-state index in [0.29, 0.717) is 0 Å². The Kier molecular flexibility index (Phi) is 3.56. The van der Waals surface area contributed by atoms with E-state index in [9.17, 15) is 4.79 Å². The first-order chi connectivity index (χ1) is 10.4. The van der Waals surface area contributed by atoms with Crippen molar-refractivity contribution in [2.45, 2.75) is 45.6 Å². The van der Waals surface area contributed by atoms with Crippen LogP contribution < -0.4 is 4.90 Å². The molecule has 0 fully saturated rings. The Morgan fingerprint density at radius 1 is 1.05 bits per heavy atom. The monoisotopic (exact) mass is 293 g/mol. The van der Waals surface area contributed by atoms with E-state index in [1.165, 1.54) is 11.1 Å². The van der Waals surface area contributed by atoms with Crippen LogP contribution in [0.5, 0.6) is 0 Å². The molecule has 22 heavy (non-hydrogen) atoms. The Hall–Kier alpha value is -2.09. The number of fused-ring (bicyclic) bond motifs is 1. The SMILES string of the molecule is C[C@H]1Cc2ccccc2N1C(=O)c1ccc(C(C)(C)C)cc1. The molecule has 1 atom stereocenters. The molecule has 1 aliphatic heterocycles. The van der Waals surface area contributed by atoms with Gasteiger partial charge in [-0.1, -0.05) is 51.1 Å². The maximum atomic E-state index is 12.9. The molecule has 3 rings (SSSR count). The molecule has 2 aromatic carbocycles. The van der Waals surface area contributed by atoms with Gasteiger partial charge in [-0.05, 0) is 48.1 Å². The molecule has 0 unspecified atom stereocenters. The average molecular weight is 293 g/mol. The molecule has 0 N–H and O–H groups in total. The second-order valence-corrected chi connectivity index (χ2v) is 7.18. The van der Waals surface area contributed by atoms with Crippen molar-refractivity contribution < 1.29 is 4.79 Å². The van der Waals surface area contributed by atoms with E-state index in [-0.39, 0.29) is 17.4 Å². The molecule has 2 heteroatoms. The lowest BCUT2D eigenvalue weighted by Gasteiger charge is -2.24. The van der Waals surface area contributed by atoms with E-state index >= 15 is 0 Å². The first-order valence-corrected chi connectivity index (χ1v) is 7.90. The van der Waals surface area contributed by atoms with Gasteiger partial charge in [0.1, 0.15) is 0 Å². The second-order valence-electron chi connectivity index (χ2n) is 7.18. The van der Waals surface area contributed by atoms with E-state index in [0.717, 1.165) is 17.7 Å². The highest BCUT2D eigenvalue weighted by molar-refractivity contribution is 6.07. The number of carbonyl (C=O) groups excluding carboxylic acids is 1. The van der Waals surface area contributed by atoms with Gasteiger partial charge in [-0.25, -0.2) is 0 Å². The molecule has 0 saturated carbocycles. The lowest BCUT2D eigenvalue weighted by Crippen LogP contribution is -2.35. The molecule has 0 radical (unpaired) electrons. The molecule has 2 nitrogen and oxygen atoms in total. The van der Waals surface area contributed by atoms with Gasteiger partial charge < -0.3 is 4.90 Å². The Balaban J connectivity index is 1.91. The van der Waals surface area contributed by atoms with E-state index in [2.05, 4.69) is 45.9 Å². The number of hydrogen-bond donors (Lipinski definition) is 0. The average Bonchev–Trinajstić information content (AvgIpc) is 2.81. The Bertz CT molecular complexity index is 694. The third kappa shape index (κ3) is 2.54. The van der Waals surface area contributed by atoms with E-state index < -0.39 is 0 Å². The normalized spacial score (nSPS) is 17.5. The van der Waals surface area contributed by atoms with Crippen LogP contribution in [0.15, 0.2) is 48.5 Å². The van der Waals surface area contributed by atoms with E-state index in [1.807, 2.05) is 35.2 Å². The molecule has 114 valence electrons. The zero-order valence-electron chi connectivity index (χ0n) is 13.8. The molecule has 0 saturated heterocycles. The van der Waals surface area contributed by atoms with Crippen molar-refractivity contribution in [3.05, 3.63) is 65.2 Å². The van der Waals surface area contributed by atoms with Gasteiger partial charge in [0.2, 0.25) is 0 Å². The third-order valence-corrected chi connectivity index (χ3v) is 4.42. The molecule has 0 bridgehead atoms. The first-order valence-electron chi connectivity index (χ1n) is 7.90. The number of nitrogens with zero attached hydrogens (tertiary/aromatic N) is 1. The Morgan fingerprint density at radius 3 is 2.32 bits per heavy atom. The highest BCUT2D eigenvalue weighted by Gasteiger charge is 2.31. The fraction of sp³-hybridized carbons (Fsp3) is 0.350. The summed E-state index contributed by atoms with van der Waals surface area (Å²) < 4.78 is 0. The number of benzene rings is 2. The summed E-state index contributed by atoms with van der Waals surface area (Å²) in [7, 11) is 0. The minimum absolute atomic E-state index is 0.0953. The van der Waals surface area contributed by atoms with E-state index in [1.54, 1.807) is 0 Å². The molecule has 0 spiro atoms. The third-order valence-electron chi connectivity index (χ3n) is 4.42. The number of amides is 1. The number of carbonyl (C=O) groups is 1. The zero-order valence-corrected chi connectivity index (χ0v) is 13.8. The van der Waals surface area contributed by atoms with Crippen LogP contribution in [-0.4, -0.2) is 11.9 Å². The highest BCUT2D eigenvalue weighted by Crippen LogP contribution is 2.33. The lowest BCUT2D eigenvalue weighted by atomic mass is 9.86. The van der Waals surface area contributed by atoms with Crippen LogP contribution in [0.1, 0.15) is 49.2 Å². The molecule has 0 aromatic heterocycles. The number of hydrogen-bond acceptors (Lipinski definition) is 1. The maximum absolute atomic E-state index is 12.9. The minimum Gasteiger partial charge on any atom is -0.305 e. The van der Waals surface area contributed by atoms with Crippen molar-refractivity contribution in [3.8, 4) is 0 Å². The first kappa shape index (κ1) is 14.8. The predicted octanol–water partition coefficient (Wildman–Crippen LogP) is 4.58. The highest BCUT2D eigenvalue weighted by atomic mass is 16.2. The molecular formula is C20H23NO.